The predicted molar refractivity (Wildman–Crippen MR) is 112 cm³/mol. The lowest BCUT2D eigenvalue weighted by atomic mass is 9.80. The van der Waals surface area contributed by atoms with Crippen LogP contribution in [0.15, 0.2) is 42.6 Å². The molecule has 2 aliphatic rings. The van der Waals surface area contributed by atoms with Gasteiger partial charge in [0.05, 0.1) is 18.8 Å². The molecule has 3 heterocycles. The molecule has 1 fully saturated rings. The molecule has 0 atom stereocenters. The van der Waals surface area contributed by atoms with Crippen molar-refractivity contribution >= 4 is 17.7 Å². The predicted octanol–water partition coefficient (Wildman–Crippen LogP) is 4.75. The number of hydrogen-bond donors (Lipinski definition) is 1. The highest BCUT2D eigenvalue weighted by Crippen LogP contribution is 2.41. The van der Waals surface area contributed by atoms with Crippen LogP contribution in [0.5, 0.6) is 0 Å². The number of amides is 1. The van der Waals surface area contributed by atoms with Gasteiger partial charge in [-0.2, -0.15) is 0 Å². The molecule has 0 bridgehead atoms. The molecule has 2 aromatic heterocycles. The van der Waals surface area contributed by atoms with E-state index in [1.54, 1.807) is 0 Å². The maximum atomic E-state index is 11.7. The largest absolute Gasteiger partial charge is 0.465 e. The van der Waals surface area contributed by atoms with Crippen molar-refractivity contribution in [3.63, 3.8) is 0 Å². The molecule has 3 aromatic rings. The van der Waals surface area contributed by atoms with Gasteiger partial charge in [-0.05, 0) is 61.6 Å². The Morgan fingerprint density at radius 1 is 1.03 bits per heavy atom. The van der Waals surface area contributed by atoms with Crippen LogP contribution in [-0.4, -0.2) is 35.8 Å². The number of hydrogen-bond acceptors (Lipinski definition) is 4. The second-order valence-corrected chi connectivity index (χ2v) is 8.46. The highest BCUT2D eigenvalue weighted by Gasteiger charge is 2.32. The van der Waals surface area contributed by atoms with E-state index in [1.165, 1.54) is 4.90 Å². The van der Waals surface area contributed by atoms with E-state index in [9.17, 15) is 9.90 Å². The van der Waals surface area contributed by atoms with Gasteiger partial charge in [-0.15, -0.1) is 10.2 Å². The van der Waals surface area contributed by atoms with Crippen molar-refractivity contribution in [1.82, 2.24) is 24.6 Å². The van der Waals surface area contributed by atoms with E-state index in [2.05, 4.69) is 25.8 Å². The Bertz CT molecular complexity index is 1080. The minimum absolute atomic E-state index is 0.206. The Morgan fingerprint density at radius 2 is 1.83 bits per heavy atom. The van der Waals surface area contributed by atoms with Crippen LogP contribution >= 0.6 is 11.6 Å². The SMILES string of the molecule is O=C(O)N1Cc2cc(Cl)ccc2-n2c(nnc2C2CCC(c3ccccn3)CC2)C1. The van der Waals surface area contributed by atoms with Gasteiger partial charge in [-0.1, -0.05) is 17.7 Å². The topological polar surface area (TPSA) is 84.1 Å². The molecule has 154 valence electrons. The van der Waals surface area contributed by atoms with E-state index < -0.39 is 6.09 Å². The zero-order chi connectivity index (χ0) is 20.7. The summed E-state index contributed by atoms with van der Waals surface area (Å²) in [4.78, 5) is 17.6. The van der Waals surface area contributed by atoms with E-state index in [1.807, 2.05) is 36.5 Å². The van der Waals surface area contributed by atoms with Gasteiger partial charge >= 0.3 is 6.09 Å². The quantitative estimate of drug-likeness (QED) is 0.642. The number of pyridine rings is 1. The molecule has 1 N–H and O–H groups in total. The van der Waals surface area contributed by atoms with E-state index in [-0.39, 0.29) is 19.0 Å². The second kappa shape index (κ2) is 7.72. The van der Waals surface area contributed by atoms with Gasteiger partial charge in [0.25, 0.3) is 0 Å². The van der Waals surface area contributed by atoms with Crippen molar-refractivity contribution in [2.24, 2.45) is 0 Å². The molecule has 0 radical (unpaired) electrons. The lowest BCUT2D eigenvalue weighted by Gasteiger charge is -2.28. The molecule has 0 spiro atoms. The standard InChI is InChI=1S/C22H22ClN5O2/c23-17-8-9-19-16(11-17)12-27(22(29)30)13-20-25-26-21(28(19)20)15-6-4-14(5-7-15)18-3-1-2-10-24-18/h1-3,8-11,14-15H,4-7,12-13H2,(H,29,30). The molecule has 1 amide bonds. The summed E-state index contributed by atoms with van der Waals surface area (Å²) in [6.45, 7) is 0.484. The Hall–Kier alpha value is -2.93. The molecular formula is C22H22ClN5O2. The maximum Gasteiger partial charge on any atom is 0.408 e. The van der Waals surface area contributed by atoms with Crippen molar-refractivity contribution in [3.8, 4) is 5.69 Å². The van der Waals surface area contributed by atoms with Crippen LogP contribution in [-0.2, 0) is 13.1 Å². The van der Waals surface area contributed by atoms with E-state index in [0.29, 0.717) is 16.8 Å². The monoisotopic (exact) mass is 423 g/mol. The minimum Gasteiger partial charge on any atom is -0.465 e. The van der Waals surface area contributed by atoms with Crippen molar-refractivity contribution in [2.45, 2.75) is 50.6 Å². The van der Waals surface area contributed by atoms with E-state index >= 15 is 0 Å². The summed E-state index contributed by atoms with van der Waals surface area (Å²) < 4.78 is 2.06. The Labute approximate surface area is 179 Å². The highest BCUT2D eigenvalue weighted by atomic mass is 35.5. The fourth-order valence-electron chi connectivity index (χ4n) is 4.69. The summed E-state index contributed by atoms with van der Waals surface area (Å²) in [6.07, 6.45) is 5.00. The average molecular weight is 424 g/mol. The summed E-state index contributed by atoms with van der Waals surface area (Å²) in [7, 11) is 0. The van der Waals surface area contributed by atoms with Crippen LogP contribution in [0.1, 0.15) is 60.4 Å². The van der Waals surface area contributed by atoms with E-state index in [0.717, 1.165) is 48.5 Å². The lowest BCUT2D eigenvalue weighted by molar-refractivity contribution is 0.139. The third-order valence-corrected chi connectivity index (χ3v) is 6.44. The lowest BCUT2D eigenvalue weighted by Crippen LogP contribution is -2.27. The van der Waals surface area contributed by atoms with Crippen LogP contribution in [0.3, 0.4) is 0 Å². The molecule has 8 heteroatoms. The molecule has 30 heavy (non-hydrogen) atoms. The first-order chi connectivity index (χ1) is 14.6. The van der Waals surface area contributed by atoms with Crippen molar-refractivity contribution in [1.29, 1.82) is 0 Å². The molecular weight excluding hydrogens is 402 g/mol. The zero-order valence-electron chi connectivity index (χ0n) is 16.4. The third-order valence-electron chi connectivity index (χ3n) is 6.20. The molecule has 1 aliphatic carbocycles. The van der Waals surface area contributed by atoms with Gasteiger partial charge in [-0.3, -0.25) is 14.5 Å². The Kier molecular flexibility index (Phi) is 4.90. The fraction of sp³-hybridized carbons (Fsp3) is 0.364. The number of fused-ring (bicyclic) bond motifs is 3. The zero-order valence-corrected chi connectivity index (χ0v) is 17.2. The highest BCUT2D eigenvalue weighted by molar-refractivity contribution is 6.30. The minimum atomic E-state index is -0.977. The summed E-state index contributed by atoms with van der Waals surface area (Å²) in [6, 6.07) is 11.7. The first kappa shape index (κ1) is 19.1. The number of nitrogens with zero attached hydrogens (tertiary/aromatic N) is 5. The second-order valence-electron chi connectivity index (χ2n) is 8.02. The Balaban J connectivity index is 1.47. The van der Waals surface area contributed by atoms with Crippen LogP contribution in [0.25, 0.3) is 5.69 Å². The van der Waals surface area contributed by atoms with Gasteiger partial charge in [0.15, 0.2) is 5.82 Å². The van der Waals surface area contributed by atoms with E-state index in [4.69, 9.17) is 11.6 Å². The number of benzene rings is 1. The number of aromatic nitrogens is 4. The van der Waals surface area contributed by atoms with Crippen LogP contribution in [0.2, 0.25) is 5.02 Å². The Morgan fingerprint density at radius 3 is 2.57 bits per heavy atom. The van der Waals surface area contributed by atoms with Crippen molar-refractivity contribution in [3.05, 3.63) is 70.5 Å². The fourth-order valence-corrected chi connectivity index (χ4v) is 4.89. The molecule has 1 saturated carbocycles. The molecule has 1 aromatic carbocycles. The summed E-state index contributed by atoms with van der Waals surface area (Å²) in [5.41, 5.74) is 2.95. The number of carbonyl (C=O) groups is 1. The molecule has 0 unspecified atom stereocenters. The third kappa shape index (κ3) is 3.43. The van der Waals surface area contributed by atoms with Gasteiger partial charge in [0.2, 0.25) is 0 Å². The van der Waals surface area contributed by atoms with Gasteiger partial charge in [0.1, 0.15) is 5.82 Å². The number of rotatable bonds is 2. The molecule has 0 saturated heterocycles. The summed E-state index contributed by atoms with van der Waals surface area (Å²) in [5.74, 6) is 2.33. The molecule has 7 nitrogen and oxygen atoms in total. The van der Waals surface area contributed by atoms with Crippen LogP contribution in [0.4, 0.5) is 4.79 Å². The smallest absolute Gasteiger partial charge is 0.408 e. The first-order valence-corrected chi connectivity index (χ1v) is 10.6. The van der Waals surface area contributed by atoms with Gasteiger partial charge in [0, 0.05) is 28.7 Å². The average Bonchev–Trinajstić information content (AvgIpc) is 3.10. The molecule has 5 rings (SSSR count). The summed E-state index contributed by atoms with van der Waals surface area (Å²) in [5, 5.41) is 19.1. The van der Waals surface area contributed by atoms with Gasteiger partial charge in [-0.25, -0.2) is 4.79 Å². The van der Waals surface area contributed by atoms with Crippen molar-refractivity contribution < 1.29 is 9.90 Å². The van der Waals surface area contributed by atoms with Crippen molar-refractivity contribution in [2.75, 3.05) is 0 Å². The number of halogens is 1. The van der Waals surface area contributed by atoms with Crippen LogP contribution < -0.4 is 0 Å². The van der Waals surface area contributed by atoms with Crippen LogP contribution in [0, 0.1) is 0 Å². The number of carboxylic acid groups (broad SMARTS) is 1. The first-order valence-electron chi connectivity index (χ1n) is 10.2. The molecule has 1 aliphatic heterocycles. The summed E-state index contributed by atoms with van der Waals surface area (Å²) >= 11 is 6.21. The normalized spacial score (nSPS) is 20.9. The van der Waals surface area contributed by atoms with Gasteiger partial charge < -0.3 is 5.11 Å². The maximum absolute atomic E-state index is 11.7.